The molecule has 0 bridgehead atoms. The zero-order valence-corrected chi connectivity index (χ0v) is 13.8. The van der Waals surface area contributed by atoms with Crippen molar-refractivity contribution in [3.63, 3.8) is 0 Å². The van der Waals surface area contributed by atoms with Crippen molar-refractivity contribution in [2.45, 2.75) is 0 Å². The van der Waals surface area contributed by atoms with Gasteiger partial charge in [-0.15, -0.1) is 0 Å². The Labute approximate surface area is 147 Å². The Balaban J connectivity index is 1.93. The summed E-state index contributed by atoms with van der Waals surface area (Å²) in [6.07, 6.45) is 2.35. The van der Waals surface area contributed by atoms with E-state index in [1.54, 1.807) is 35.0 Å². The molecule has 2 aromatic heterocycles. The minimum atomic E-state index is -1.07. The molecule has 2 heterocycles. The smallest absolute Gasteiger partial charge is 0.404 e. The summed E-state index contributed by atoms with van der Waals surface area (Å²) in [7, 11) is 0. The van der Waals surface area contributed by atoms with Crippen LogP contribution < -0.4 is 10.6 Å². The molecule has 3 rings (SSSR count). The maximum absolute atomic E-state index is 10.5. The van der Waals surface area contributed by atoms with E-state index < -0.39 is 6.09 Å². The SMILES string of the molecule is O=C(O)NCCNc1nc(-c2ccc(Cl)cc2Cl)cc2nccn12. The molecule has 124 valence electrons. The van der Waals surface area contributed by atoms with Gasteiger partial charge in [-0.05, 0) is 18.2 Å². The maximum Gasteiger partial charge on any atom is 0.404 e. The molecule has 7 nitrogen and oxygen atoms in total. The van der Waals surface area contributed by atoms with Gasteiger partial charge in [0.25, 0.3) is 0 Å². The normalized spacial score (nSPS) is 10.8. The minimum absolute atomic E-state index is 0.249. The summed E-state index contributed by atoms with van der Waals surface area (Å²) in [4.78, 5) is 19.3. The number of nitrogens with one attached hydrogen (secondary N) is 2. The van der Waals surface area contributed by atoms with Crippen molar-refractivity contribution in [3.05, 3.63) is 46.7 Å². The van der Waals surface area contributed by atoms with E-state index in [-0.39, 0.29) is 6.54 Å². The molecule has 0 unspecified atom stereocenters. The first-order chi connectivity index (χ1) is 11.5. The molecule has 0 aliphatic rings. The Bertz CT molecular complexity index is 897. The van der Waals surface area contributed by atoms with Crippen LogP contribution in [-0.4, -0.2) is 38.7 Å². The van der Waals surface area contributed by atoms with Crippen LogP contribution in [0.25, 0.3) is 16.9 Å². The second kappa shape index (κ2) is 6.94. The molecule has 0 aliphatic heterocycles. The summed E-state index contributed by atoms with van der Waals surface area (Å²) in [6, 6.07) is 7.00. The molecule has 0 radical (unpaired) electrons. The minimum Gasteiger partial charge on any atom is -0.465 e. The number of carboxylic acid groups (broad SMARTS) is 1. The Morgan fingerprint density at radius 1 is 1.25 bits per heavy atom. The topological polar surface area (TPSA) is 91.5 Å². The molecule has 0 aliphatic carbocycles. The van der Waals surface area contributed by atoms with Crippen LogP contribution in [-0.2, 0) is 0 Å². The van der Waals surface area contributed by atoms with Crippen molar-refractivity contribution in [2.24, 2.45) is 0 Å². The van der Waals surface area contributed by atoms with Gasteiger partial charge in [0, 0.05) is 42.1 Å². The zero-order valence-electron chi connectivity index (χ0n) is 12.3. The number of anilines is 1. The number of hydrogen-bond donors (Lipinski definition) is 3. The number of rotatable bonds is 5. The monoisotopic (exact) mass is 365 g/mol. The molecular weight excluding hydrogens is 353 g/mol. The first-order valence-corrected chi connectivity index (χ1v) is 7.80. The highest BCUT2D eigenvalue weighted by atomic mass is 35.5. The van der Waals surface area contributed by atoms with E-state index in [0.29, 0.717) is 33.9 Å². The lowest BCUT2D eigenvalue weighted by Crippen LogP contribution is -2.27. The summed E-state index contributed by atoms with van der Waals surface area (Å²) >= 11 is 12.2. The van der Waals surface area contributed by atoms with Crippen LogP contribution in [0.4, 0.5) is 10.7 Å². The molecule has 3 N–H and O–H groups in total. The summed E-state index contributed by atoms with van der Waals surface area (Å²) in [5.41, 5.74) is 2.07. The van der Waals surface area contributed by atoms with Crippen molar-refractivity contribution < 1.29 is 9.90 Å². The van der Waals surface area contributed by atoms with E-state index in [4.69, 9.17) is 28.3 Å². The van der Waals surface area contributed by atoms with E-state index in [1.165, 1.54) is 0 Å². The largest absolute Gasteiger partial charge is 0.465 e. The number of aromatic nitrogens is 3. The number of amides is 1. The number of carbonyl (C=O) groups is 1. The fraction of sp³-hybridized carbons (Fsp3) is 0.133. The molecule has 0 spiro atoms. The molecule has 3 aromatic rings. The van der Waals surface area contributed by atoms with Crippen molar-refractivity contribution in [3.8, 4) is 11.3 Å². The molecule has 1 amide bonds. The van der Waals surface area contributed by atoms with E-state index in [2.05, 4.69) is 20.6 Å². The average molecular weight is 366 g/mol. The van der Waals surface area contributed by atoms with Crippen molar-refractivity contribution in [2.75, 3.05) is 18.4 Å². The zero-order chi connectivity index (χ0) is 17.1. The second-order valence-electron chi connectivity index (χ2n) is 4.90. The molecule has 0 fully saturated rings. The number of fused-ring (bicyclic) bond motifs is 1. The fourth-order valence-corrected chi connectivity index (χ4v) is 2.73. The highest BCUT2D eigenvalue weighted by Crippen LogP contribution is 2.30. The van der Waals surface area contributed by atoms with Crippen LogP contribution in [0.2, 0.25) is 10.0 Å². The molecule has 24 heavy (non-hydrogen) atoms. The molecule has 0 atom stereocenters. The van der Waals surface area contributed by atoms with Gasteiger partial charge in [0.1, 0.15) is 5.65 Å². The quantitative estimate of drug-likeness (QED) is 0.602. The fourth-order valence-electron chi connectivity index (χ4n) is 2.23. The number of benzene rings is 1. The second-order valence-corrected chi connectivity index (χ2v) is 5.75. The van der Waals surface area contributed by atoms with E-state index in [9.17, 15) is 4.79 Å². The molecule has 0 saturated carbocycles. The van der Waals surface area contributed by atoms with Crippen LogP contribution in [0.15, 0.2) is 36.7 Å². The highest BCUT2D eigenvalue weighted by Gasteiger charge is 2.11. The molecular formula is C15H13Cl2N5O2. The molecule has 9 heteroatoms. The molecule has 1 aromatic carbocycles. The molecule has 0 saturated heterocycles. The average Bonchev–Trinajstić information content (AvgIpc) is 2.99. The number of nitrogens with zero attached hydrogens (tertiary/aromatic N) is 3. The van der Waals surface area contributed by atoms with E-state index >= 15 is 0 Å². The number of hydrogen-bond acceptors (Lipinski definition) is 4. The standard InChI is InChI=1S/C15H13Cl2N5O2/c16-9-1-2-10(11(17)7-9)12-8-13-18-5-6-22(13)14(21-12)19-3-4-20-15(23)24/h1-2,5-8,20H,3-4H2,(H,19,21)(H,23,24). The van der Waals surface area contributed by atoms with Crippen LogP contribution in [0.1, 0.15) is 0 Å². The van der Waals surface area contributed by atoms with Crippen LogP contribution >= 0.6 is 23.2 Å². The van der Waals surface area contributed by atoms with Gasteiger partial charge in [-0.2, -0.15) is 0 Å². The van der Waals surface area contributed by atoms with Gasteiger partial charge >= 0.3 is 6.09 Å². The third-order valence-electron chi connectivity index (χ3n) is 3.28. The van der Waals surface area contributed by atoms with Gasteiger partial charge in [0.15, 0.2) is 0 Å². The third-order valence-corrected chi connectivity index (χ3v) is 3.83. The highest BCUT2D eigenvalue weighted by molar-refractivity contribution is 6.36. The van der Waals surface area contributed by atoms with Crippen LogP contribution in [0.3, 0.4) is 0 Å². The van der Waals surface area contributed by atoms with Crippen molar-refractivity contribution in [1.29, 1.82) is 0 Å². The lowest BCUT2D eigenvalue weighted by atomic mass is 10.1. The lowest BCUT2D eigenvalue weighted by molar-refractivity contribution is 0.195. The van der Waals surface area contributed by atoms with Gasteiger partial charge in [-0.1, -0.05) is 23.2 Å². The maximum atomic E-state index is 10.5. The Morgan fingerprint density at radius 3 is 2.83 bits per heavy atom. The van der Waals surface area contributed by atoms with Gasteiger partial charge < -0.3 is 15.7 Å². The predicted molar refractivity (Wildman–Crippen MR) is 93.0 cm³/mol. The summed E-state index contributed by atoms with van der Waals surface area (Å²) < 4.78 is 1.77. The number of halogens is 2. The first kappa shape index (κ1) is 16.4. The Morgan fingerprint density at radius 2 is 2.08 bits per heavy atom. The van der Waals surface area contributed by atoms with Crippen LogP contribution in [0.5, 0.6) is 0 Å². The van der Waals surface area contributed by atoms with Crippen molar-refractivity contribution >= 4 is 40.9 Å². The first-order valence-electron chi connectivity index (χ1n) is 7.05. The van der Waals surface area contributed by atoms with Crippen molar-refractivity contribution in [1.82, 2.24) is 19.7 Å². The van der Waals surface area contributed by atoms with Gasteiger partial charge in [-0.3, -0.25) is 4.40 Å². The summed E-state index contributed by atoms with van der Waals surface area (Å²) in [6.45, 7) is 0.628. The lowest BCUT2D eigenvalue weighted by Gasteiger charge is -2.11. The van der Waals surface area contributed by atoms with E-state index in [0.717, 1.165) is 5.56 Å². The Hall–Kier alpha value is -2.51. The van der Waals surface area contributed by atoms with Crippen LogP contribution in [0, 0.1) is 0 Å². The number of imidazole rings is 1. The third kappa shape index (κ3) is 3.52. The van der Waals surface area contributed by atoms with Gasteiger partial charge in [0.05, 0.1) is 10.7 Å². The predicted octanol–water partition coefficient (Wildman–Crippen LogP) is 3.38. The van der Waals surface area contributed by atoms with E-state index in [1.807, 2.05) is 6.07 Å². The summed E-state index contributed by atoms with van der Waals surface area (Å²) in [5.74, 6) is 0.540. The van der Waals surface area contributed by atoms with Gasteiger partial charge in [0.2, 0.25) is 5.95 Å². The Kier molecular flexibility index (Phi) is 4.73. The summed E-state index contributed by atoms with van der Waals surface area (Å²) in [5, 5.41) is 15.0. The van der Waals surface area contributed by atoms with Gasteiger partial charge in [-0.25, -0.2) is 14.8 Å².